The van der Waals surface area contributed by atoms with Gasteiger partial charge in [-0.25, -0.2) is 0 Å². The normalized spacial score (nSPS) is 12.8. The third-order valence-corrected chi connectivity index (χ3v) is 16.3. The van der Waals surface area contributed by atoms with Gasteiger partial charge in [-0.2, -0.15) is 0 Å². The molecule has 0 heterocycles. The molecule has 0 nitrogen and oxygen atoms in total. The molecule has 0 atom stereocenters. The van der Waals surface area contributed by atoms with E-state index < -0.39 is 5.31 Å². The van der Waals surface area contributed by atoms with Crippen LogP contribution >= 0.6 is 32.4 Å². The Balaban J connectivity index is 1.86. The topological polar surface area (TPSA) is 0 Å². The molecule has 4 aromatic rings. The zero-order chi connectivity index (χ0) is 20.9. The Morgan fingerprint density at radius 3 is 1.40 bits per heavy atom. The maximum absolute atomic E-state index is 6.46. The predicted molar refractivity (Wildman–Crippen MR) is 139 cm³/mol. The summed E-state index contributed by atoms with van der Waals surface area (Å²) in [6.45, 7) is 0. The number of aryl methyl sites for hydroxylation is 1. The van der Waals surface area contributed by atoms with Gasteiger partial charge in [-0.1, -0.05) is 0 Å². The molecule has 0 bridgehead atoms. The number of halogens is 2. The molecule has 0 aliphatic heterocycles. The average molecular weight is 496 g/mol. The van der Waals surface area contributed by atoms with E-state index in [0.717, 1.165) is 24.0 Å². The minimum absolute atomic E-state index is 0.853. The molecule has 0 aliphatic rings. The van der Waals surface area contributed by atoms with Gasteiger partial charge in [-0.15, -0.1) is 0 Å². The third-order valence-electron chi connectivity index (χ3n) is 5.87. The first-order chi connectivity index (χ1) is 14.6. The predicted octanol–water partition coefficient (Wildman–Crippen LogP) is 7.11. The van der Waals surface area contributed by atoms with Gasteiger partial charge >= 0.3 is 193 Å². The maximum atomic E-state index is 6.46. The molecule has 4 aromatic carbocycles. The number of hydrogen-bond acceptors (Lipinski definition) is 0. The van der Waals surface area contributed by atoms with Gasteiger partial charge in [0.15, 0.2) is 0 Å². The van der Waals surface area contributed by atoms with Crippen molar-refractivity contribution >= 4 is 48.3 Å². The van der Waals surface area contributed by atoms with Crippen molar-refractivity contribution in [3.8, 4) is 0 Å². The molecular weight excluding hydrogens is 471 g/mol. The van der Waals surface area contributed by atoms with Crippen LogP contribution in [-0.2, 0) is 6.42 Å². The summed E-state index contributed by atoms with van der Waals surface area (Å²) < 4.78 is 0. The van der Waals surface area contributed by atoms with Crippen LogP contribution in [-0.4, -0.2) is 6.16 Å². The quantitative estimate of drug-likeness (QED) is 0.240. The van der Waals surface area contributed by atoms with E-state index in [-0.39, 0.29) is 0 Å². The Morgan fingerprint density at radius 2 is 0.967 bits per heavy atom. The molecule has 0 radical (unpaired) electrons. The summed E-state index contributed by atoms with van der Waals surface area (Å²) in [5, 5.41) is 2.10. The fourth-order valence-corrected chi connectivity index (χ4v) is 12.2. The van der Waals surface area contributed by atoms with E-state index in [1.54, 1.807) is 0 Å². The van der Waals surface area contributed by atoms with Gasteiger partial charge in [0.1, 0.15) is 0 Å². The number of hydrogen-bond donors (Lipinski definition) is 0. The van der Waals surface area contributed by atoms with Crippen molar-refractivity contribution in [2.45, 2.75) is 12.8 Å². The van der Waals surface area contributed by atoms with E-state index in [0.29, 0.717) is 0 Å². The third kappa shape index (κ3) is 3.87. The zero-order valence-electron chi connectivity index (χ0n) is 16.8. The van der Waals surface area contributed by atoms with Crippen molar-refractivity contribution in [3.63, 3.8) is 0 Å². The summed E-state index contributed by atoms with van der Waals surface area (Å²) >= 11 is 11.0. The van der Waals surface area contributed by atoms with Crippen molar-refractivity contribution in [3.05, 3.63) is 126 Å². The summed E-state index contributed by atoms with van der Waals surface area (Å²) in [5.41, 5.74) is 1.21. The first-order valence-electron chi connectivity index (χ1n) is 10.3. The summed E-state index contributed by atoms with van der Waals surface area (Å²) in [5.74, 6) is 0. The van der Waals surface area contributed by atoms with Crippen LogP contribution < -0.4 is 15.9 Å². The van der Waals surface area contributed by atoms with Crippen LogP contribution in [0.25, 0.3) is 0 Å². The second kappa shape index (κ2) is 9.06. The van der Waals surface area contributed by atoms with E-state index in [4.69, 9.17) is 11.6 Å². The molecular formula is C27H25BrClP. The Bertz CT molecular complexity index is 998. The first kappa shape index (κ1) is 21.3. The van der Waals surface area contributed by atoms with E-state index in [2.05, 4.69) is 119 Å². The summed E-state index contributed by atoms with van der Waals surface area (Å²) in [6.07, 6.45) is 3.01. The summed E-state index contributed by atoms with van der Waals surface area (Å²) in [6, 6.07) is 41.1. The molecule has 4 rings (SSSR count). The monoisotopic (exact) mass is 494 g/mol. The molecule has 0 N–H and O–H groups in total. The second-order valence-electron chi connectivity index (χ2n) is 7.61. The number of rotatable bonds is 7. The van der Waals surface area contributed by atoms with Crippen molar-refractivity contribution < 1.29 is 0 Å². The Labute approximate surface area is 192 Å². The van der Waals surface area contributed by atoms with Gasteiger partial charge in [0.25, 0.3) is 0 Å². The van der Waals surface area contributed by atoms with Crippen LogP contribution in [0.4, 0.5) is 0 Å². The molecule has 0 spiro atoms. The van der Waals surface area contributed by atoms with Gasteiger partial charge in [-0.3, -0.25) is 0 Å². The van der Waals surface area contributed by atoms with Crippen molar-refractivity contribution in [1.29, 1.82) is 0 Å². The van der Waals surface area contributed by atoms with Gasteiger partial charge < -0.3 is 0 Å². The van der Waals surface area contributed by atoms with E-state index >= 15 is 0 Å². The van der Waals surface area contributed by atoms with Crippen LogP contribution in [0.15, 0.2) is 115 Å². The molecule has 152 valence electrons. The van der Waals surface area contributed by atoms with Crippen molar-refractivity contribution in [1.82, 2.24) is 0 Å². The Morgan fingerprint density at radius 1 is 0.567 bits per heavy atom. The minimum atomic E-state index is -2.84. The molecule has 0 aromatic heterocycles. The molecule has 30 heavy (non-hydrogen) atoms. The molecule has 0 aliphatic carbocycles. The fraction of sp³-hybridized carbons (Fsp3) is 0.111. The Hall–Kier alpha value is -1.92. The van der Waals surface area contributed by atoms with Crippen LogP contribution in [0, 0.1) is 0 Å². The molecule has 0 saturated heterocycles. The number of benzene rings is 4. The van der Waals surface area contributed by atoms with Gasteiger partial charge in [0, 0.05) is 0 Å². The molecule has 0 saturated carbocycles. The summed E-state index contributed by atoms with van der Waals surface area (Å²) in [7, 11) is 0. The molecule has 0 unspecified atom stereocenters. The zero-order valence-corrected chi connectivity index (χ0v) is 20.0. The van der Waals surface area contributed by atoms with Gasteiger partial charge in [0.05, 0.1) is 0 Å². The molecule has 3 heteroatoms. The average Bonchev–Trinajstić information content (AvgIpc) is 2.82. The first-order valence-corrected chi connectivity index (χ1v) is 15.1. The van der Waals surface area contributed by atoms with E-state index in [1.807, 2.05) is 12.1 Å². The van der Waals surface area contributed by atoms with Crippen LogP contribution in [0.3, 0.4) is 0 Å². The van der Waals surface area contributed by atoms with Gasteiger partial charge in [-0.05, 0) is 0 Å². The Kier molecular flexibility index (Phi) is 6.44. The van der Waals surface area contributed by atoms with Crippen LogP contribution in [0.1, 0.15) is 12.0 Å². The SMILES string of the molecule is Clc1ccccc1CCCP(Br)(c1ccccc1)(c1ccccc1)c1ccccc1. The molecule has 0 fully saturated rings. The van der Waals surface area contributed by atoms with Crippen molar-refractivity contribution in [2.24, 2.45) is 0 Å². The van der Waals surface area contributed by atoms with Crippen LogP contribution in [0.5, 0.6) is 0 Å². The standard InChI is InChI=1S/C27H25BrClP/c28-30(24-15-4-1-5-16-24,25-17-6-2-7-18-25,26-19-8-3-9-20-26)22-12-14-23-13-10-11-21-27(23)29/h1-11,13,15-21H,12,14,22H2. The van der Waals surface area contributed by atoms with Crippen LogP contribution in [0.2, 0.25) is 5.02 Å². The van der Waals surface area contributed by atoms with Gasteiger partial charge in [0.2, 0.25) is 0 Å². The van der Waals surface area contributed by atoms with E-state index in [9.17, 15) is 0 Å². The molecule has 0 amide bonds. The summed E-state index contributed by atoms with van der Waals surface area (Å²) in [4.78, 5) is 0. The van der Waals surface area contributed by atoms with Crippen molar-refractivity contribution in [2.75, 3.05) is 6.16 Å². The van der Waals surface area contributed by atoms with E-state index in [1.165, 1.54) is 21.5 Å². The second-order valence-corrected chi connectivity index (χ2v) is 17.1. The fourth-order valence-electron chi connectivity index (χ4n) is 4.32.